The molecule has 1 aromatic rings. The molecule has 1 rings (SSSR count). The minimum absolute atomic E-state index is 0.0460. The van der Waals surface area contributed by atoms with Gasteiger partial charge in [-0.2, -0.15) is 18.4 Å². The molecule has 1 aromatic heterocycles. The highest BCUT2D eigenvalue weighted by molar-refractivity contribution is 8.00. The largest absolute Gasteiger partial charge is 0.465 e. The van der Waals surface area contributed by atoms with Gasteiger partial charge in [-0.05, 0) is 17.8 Å². The van der Waals surface area contributed by atoms with Crippen LogP contribution in [0.1, 0.15) is 5.56 Å². The number of ether oxygens (including phenoxy) is 1. The summed E-state index contributed by atoms with van der Waals surface area (Å²) in [6, 6.07) is 1.90. The minimum atomic E-state index is -4.04. The number of thioether (sulfide) groups is 2. The van der Waals surface area contributed by atoms with E-state index in [2.05, 4.69) is 4.37 Å². The lowest BCUT2D eigenvalue weighted by atomic mass is 10.4. The second kappa shape index (κ2) is 7.21. The molecular formula is C9H8F4N2OS3. The van der Waals surface area contributed by atoms with Crippen molar-refractivity contribution in [1.29, 1.82) is 5.26 Å². The molecule has 0 spiro atoms. The number of nitriles is 1. The predicted octanol–water partition coefficient (Wildman–Crippen LogP) is 3.71. The molecule has 0 saturated carbocycles. The van der Waals surface area contributed by atoms with Crippen molar-refractivity contribution in [3.8, 4) is 11.9 Å². The van der Waals surface area contributed by atoms with Crippen LogP contribution in [0.2, 0.25) is 0 Å². The minimum Gasteiger partial charge on any atom is -0.465 e. The van der Waals surface area contributed by atoms with Gasteiger partial charge in [0, 0.05) is 0 Å². The Balaban J connectivity index is 2.47. The van der Waals surface area contributed by atoms with Crippen LogP contribution in [0, 0.1) is 11.3 Å². The summed E-state index contributed by atoms with van der Waals surface area (Å²) in [7, 11) is 0. The van der Waals surface area contributed by atoms with Crippen molar-refractivity contribution in [2.45, 2.75) is 16.6 Å². The van der Waals surface area contributed by atoms with E-state index < -0.39 is 18.1 Å². The summed E-state index contributed by atoms with van der Waals surface area (Å²) < 4.78 is 58.4. The van der Waals surface area contributed by atoms with Crippen molar-refractivity contribution in [3.05, 3.63) is 5.56 Å². The number of nitrogens with zero attached hydrogens (tertiary/aromatic N) is 2. The van der Waals surface area contributed by atoms with Crippen LogP contribution >= 0.6 is 35.1 Å². The van der Waals surface area contributed by atoms with E-state index in [0.717, 1.165) is 11.5 Å². The first-order chi connectivity index (χ1) is 8.92. The highest BCUT2D eigenvalue weighted by Gasteiger charge is 2.40. The van der Waals surface area contributed by atoms with Gasteiger partial charge in [-0.25, -0.2) is 8.78 Å². The zero-order valence-corrected chi connectivity index (χ0v) is 12.0. The van der Waals surface area contributed by atoms with Crippen molar-refractivity contribution >= 4 is 35.1 Å². The Kier molecular flexibility index (Phi) is 6.22. The molecule has 0 unspecified atom stereocenters. The first kappa shape index (κ1) is 16.4. The molecule has 0 radical (unpaired) electrons. The Bertz CT molecular complexity index is 461. The topological polar surface area (TPSA) is 45.9 Å². The molecule has 0 N–H and O–H groups in total. The van der Waals surface area contributed by atoms with E-state index in [1.807, 2.05) is 6.07 Å². The lowest BCUT2D eigenvalue weighted by molar-refractivity contribution is -0.110. The summed E-state index contributed by atoms with van der Waals surface area (Å²) in [6.07, 6.45) is -1.94. The third-order valence-electron chi connectivity index (χ3n) is 1.82. The van der Waals surface area contributed by atoms with Crippen LogP contribution in [0.4, 0.5) is 17.6 Å². The average Bonchev–Trinajstić information content (AvgIpc) is 2.76. The number of halogens is 4. The monoisotopic (exact) mass is 332 g/mol. The number of hydrogen-bond acceptors (Lipinski definition) is 6. The van der Waals surface area contributed by atoms with Gasteiger partial charge in [0.25, 0.3) is 0 Å². The van der Waals surface area contributed by atoms with Gasteiger partial charge in [0.1, 0.15) is 21.8 Å². The fraction of sp³-hybridized carbons (Fsp3) is 0.556. The normalized spacial score (nSPS) is 11.6. The van der Waals surface area contributed by atoms with E-state index in [4.69, 9.17) is 10.00 Å². The molecule has 0 aliphatic heterocycles. The van der Waals surface area contributed by atoms with Crippen LogP contribution in [-0.2, 0) is 0 Å². The second-order valence-electron chi connectivity index (χ2n) is 3.14. The maximum absolute atomic E-state index is 12.6. The van der Waals surface area contributed by atoms with Crippen molar-refractivity contribution in [2.24, 2.45) is 0 Å². The lowest BCUT2D eigenvalue weighted by Crippen LogP contribution is -2.29. The molecule has 1 heterocycles. The molecule has 0 amide bonds. The van der Waals surface area contributed by atoms with E-state index in [-0.39, 0.29) is 17.4 Å². The second-order valence-corrected chi connectivity index (χ2v) is 5.92. The van der Waals surface area contributed by atoms with Crippen LogP contribution in [0.3, 0.4) is 0 Å². The molecule has 10 heteroatoms. The summed E-state index contributed by atoms with van der Waals surface area (Å²) >= 11 is 2.89. The summed E-state index contributed by atoms with van der Waals surface area (Å²) in [4.78, 5) is 0. The van der Waals surface area contributed by atoms with Gasteiger partial charge >= 0.3 is 12.3 Å². The molecule has 19 heavy (non-hydrogen) atoms. The van der Waals surface area contributed by atoms with Crippen LogP contribution in [0.15, 0.2) is 4.21 Å². The molecular weight excluding hydrogens is 324 g/mol. The van der Waals surface area contributed by atoms with Crippen molar-refractivity contribution in [1.82, 2.24) is 4.37 Å². The maximum atomic E-state index is 12.6. The lowest BCUT2D eigenvalue weighted by Gasteiger charge is -2.14. The number of rotatable bonds is 7. The Morgan fingerprint density at radius 1 is 1.53 bits per heavy atom. The average molecular weight is 332 g/mol. The van der Waals surface area contributed by atoms with Gasteiger partial charge in [-0.3, -0.25) is 0 Å². The van der Waals surface area contributed by atoms with Gasteiger partial charge in [0.15, 0.2) is 0 Å². The molecule has 0 aromatic carbocycles. The Morgan fingerprint density at radius 2 is 2.21 bits per heavy atom. The number of aromatic nitrogens is 1. The van der Waals surface area contributed by atoms with E-state index in [1.165, 1.54) is 11.8 Å². The van der Waals surface area contributed by atoms with Gasteiger partial charge in [0.05, 0.1) is 5.75 Å². The van der Waals surface area contributed by atoms with Gasteiger partial charge < -0.3 is 4.74 Å². The standard InChI is InChI=1S/C9H8F4N2OS3/c1-17-7-5(2-14)6(15-19-7)16-4-18-3-9(12,13)8(10)11/h8H,3-4H2,1H3. The van der Waals surface area contributed by atoms with Crippen LogP contribution in [-0.4, -0.2) is 34.7 Å². The molecule has 106 valence electrons. The first-order valence-corrected chi connectivity index (χ1v) is 7.88. The highest BCUT2D eigenvalue weighted by Crippen LogP contribution is 2.33. The van der Waals surface area contributed by atoms with Gasteiger partial charge in [-0.15, -0.1) is 23.5 Å². The molecule has 0 fully saturated rings. The molecule has 0 aliphatic carbocycles. The van der Waals surface area contributed by atoms with Crippen LogP contribution in [0.5, 0.6) is 5.88 Å². The van der Waals surface area contributed by atoms with Gasteiger partial charge in [-0.1, -0.05) is 0 Å². The Hall–Kier alpha value is -0.660. The SMILES string of the molecule is CSc1snc(OCSCC(F)(F)C(F)F)c1C#N. The van der Waals surface area contributed by atoms with Crippen molar-refractivity contribution in [3.63, 3.8) is 0 Å². The molecule has 0 saturated heterocycles. The van der Waals surface area contributed by atoms with E-state index in [1.54, 1.807) is 6.26 Å². The maximum Gasteiger partial charge on any atom is 0.316 e. The highest BCUT2D eigenvalue weighted by atomic mass is 32.2. The summed E-state index contributed by atoms with van der Waals surface area (Å²) in [6.45, 7) is 0. The summed E-state index contributed by atoms with van der Waals surface area (Å²) in [5.74, 6) is -5.32. The van der Waals surface area contributed by atoms with Crippen LogP contribution < -0.4 is 4.74 Å². The summed E-state index contributed by atoms with van der Waals surface area (Å²) in [5, 5.41) is 8.88. The molecule has 0 bridgehead atoms. The van der Waals surface area contributed by atoms with E-state index in [9.17, 15) is 17.6 Å². The quantitative estimate of drug-likeness (QED) is 0.330. The number of alkyl halides is 4. The third kappa shape index (κ3) is 4.43. The van der Waals surface area contributed by atoms with E-state index in [0.29, 0.717) is 16.0 Å². The first-order valence-electron chi connectivity index (χ1n) is 4.72. The molecule has 0 atom stereocenters. The number of hydrogen-bond donors (Lipinski definition) is 0. The zero-order chi connectivity index (χ0) is 14.5. The smallest absolute Gasteiger partial charge is 0.316 e. The third-order valence-corrected chi connectivity index (χ3v) is 4.62. The van der Waals surface area contributed by atoms with Crippen LogP contribution in [0.25, 0.3) is 0 Å². The zero-order valence-electron chi connectivity index (χ0n) is 9.53. The summed E-state index contributed by atoms with van der Waals surface area (Å²) in [5.41, 5.74) is 0.235. The fourth-order valence-corrected chi connectivity index (χ4v) is 2.89. The molecule has 0 aliphatic rings. The Labute approximate surface area is 119 Å². The van der Waals surface area contributed by atoms with Gasteiger partial charge in [0.2, 0.25) is 5.88 Å². The van der Waals surface area contributed by atoms with Crippen molar-refractivity contribution < 1.29 is 22.3 Å². The molecule has 3 nitrogen and oxygen atoms in total. The van der Waals surface area contributed by atoms with Crippen molar-refractivity contribution in [2.75, 3.05) is 17.9 Å². The predicted molar refractivity (Wildman–Crippen MR) is 67.5 cm³/mol. The van der Waals surface area contributed by atoms with E-state index >= 15 is 0 Å². The Morgan fingerprint density at radius 3 is 2.74 bits per heavy atom. The fourth-order valence-electron chi connectivity index (χ4n) is 0.931.